The van der Waals surface area contributed by atoms with Gasteiger partial charge >= 0.3 is 5.70 Å². The summed E-state index contributed by atoms with van der Waals surface area (Å²) in [6.45, 7) is 18.1. The molecule has 0 atom stereocenters. The molecule has 6 heteroatoms. The molecule has 0 aromatic carbocycles. The fraction of sp³-hybridized carbons (Fsp3) is 0.739. The summed E-state index contributed by atoms with van der Waals surface area (Å²) in [6.07, 6.45) is 13.2. The van der Waals surface area contributed by atoms with E-state index in [1.807, 2.05) is 0 Å². The molecule has 0 aromatic rings. The molecular weight excluding hydrogens is 360 g/mol. The minimum atomic E-state index is 0.262. The average Bonchev–Trinajstić information content (AvgIpc) is 2.96. The zero-order chi connectivity index (χ0) is 20.3. The highest BCUT2D eigenvalue weighted by atomic mass is 15.4. The van der Waals surface area contributed by atoms with Gasteiger partial charge in [0.25, 0.3) is 0 Å². The lowest BCUT2D eigenvalue weighted by Gasteiger charge is -2.28. The second-order valence-corrected chi connectivity index (χ2v) is 8.39. The summed E-state index contributed by atoms with van der Waals surface area (Å²) in [6, 6.07) is 2.15. The molecule has 3 heterocycles. The molecule has 6 nitrogen and oxygen atoms in total. The fourth-order valence-corrected chi connectivity index (χ4v) is 4.74. The minimum absolute atomic E-state index is 0.262. The van der Waals surface area contributed by atoms with Crippen LogP contribution in [0.5, 0.6) is 0 Å². The van der Waals surface area contributed by atoms with Crippen molar-refractivity contribution in [2.75, 3.05) is 65.4 Å². The van der Waals surface area contributed by atoms with Crippen molar-refractivity contribution in [3.63, 3.8) is 0 Å². The van der Waals surface area contributed by atoms with Crippen LogP contribution in [-0.4, -0.2) is 85.0 Å². The van der Waals surface area contributed by atoms with E-state index in [1.54, 1.807) is 0 Å². The zero-order valence-corrected chi connectivity index (χ0v) is 17.9. The van der Waals surface area contributed by atoms with Gasteiger partial charge in [-0.3, -0.25) is 4.90 Å². The first kappa shape index (κ1) is 21.7. The molecule has 0 bridgehead atoms. The van der Waals surface area contributed by atoms with Crippen molar-refractivity contribution in [1.29, 1.82) is 5.26 Å². The van der Waals surface area contributed by atoms with Gasteiger partial charge in [-0.25, -0.2) is 10.1 Å². The Bertz CT molecular complexity index is 631. The van der Waals surface area contributed by atoms with E-state index in [-0.39, 0.29) is 5.70 Å². The summed E-state index contributed by atoms with van der Waals surface area (Å²) in [4.78, 5) is 13.2. The van der Waals surface area contributed by atoms with E-state index in [0.29, 0.717) is 0 Å². The van der Waals surface area contributed by atoms with Gasteiger partial charge in [0, 0.05) is 45.8 Å². The topological polar surface area (TPSA) is 41.1 Å². The second kappa shape index (κ2) is 11.9. The van der Waals surface area contributed by atoms with E-state index in [1.165, 1.54) is 38.8 Å². The normalized spacial score (nSPS) is 23.0. The smallest absolute Gasteiger partial charge is 0.300 e. The molecule has 2 saturated heterocycles. The van der Waals surface area contributed by atoms with Crippen molar-refractivity contribution >= 4 is 0 Å². The number of hydrogen-bond donors (Lipinski definition) is 0. The predicted octanol–water partition coefficient (Wildman–Crippen LogP) is 3.13. The molecule has 3 rings (SSSR count). The van der Waals surface area contributed by atoms with Crippen LogP contribution in [0.1, 0.15) is 44.9 Å². The lowest BCUT2D eigenvalue weighted by atomic mass is 10.2. The Kier molecular flexibility index (Phi) is 8.86. The number of nitriles is 1. The Morgan fingerprint density at radius 3 is 2.07 bits per heavy atom. The minimum Gasteiger partial charge on any atom is -0.365 e. The maximum Gasteiger partial charge on any atom is 0.300 e. The van der Waals surface area contributed by atoms with Gasteiger partial charge in [-0.05, 0) is 51.7 Å². The molecular formula is C23H36N6. The number of allylic oxidation sites excluding steroid dienone is 1. The van der Waals surface area contributed by atoms with E-state index in [4.69, 9.17) is 6.57 Å². The Morgan fingerprint density at radius 2 is 1.52 bits per heavy atom. The van der Waals surface area contributed by atoms with E-state index >= 15 is 0 Å². The molecule has 0 radical (unpaired) electrons. The van der Waals surface area contributed by atoms with Gasteiger partial charge in [-0.2, -0.15) is 0 Å². The number of rotatable bonds is 8. The van der Waals surface area contributed by atoms with Crippen molar-refractivity contribution in [3.05, 3.63) is 35.1 Å². The molecule has 0 aliphatic carbocycles. The first-order chi connectivity index (χ1) is 14.3. The standard InChI is InChI=1S/C23H36N6/c1-25-22(21-24)23-28(17-9-15-26-11-5-2-3-6-12-26)19-20-29(23)18-10-16-27-13-7-4-8-14-27/h4,7H,2-3,5-6,8-20H2/b23-22+. The van der Waals surface area contributed by atoms with Gasteiger partial charge in [0.15, 0.2) is 0 Å². The van der Waals surface area contributed by atoms with E-state index in [2.05, 4.69) is 42.7 Å². The van der Waals surface area contributed by atoms with Crippen LogP contribution in [0, 0.1) is 17.9 Å². The Balaban J connectivity index is 1.50. The molecule has 29 heavy (non-hydrogen) atoms. The van der Waals surface area contributed by atoms with Crippen LogP contribution in [0.2, 0.25) is 0 Å². The maximum absolute atomic E-state index is 9.51. The van der Waals surface area contributed by atoms with Crippen molar-refractivity contribution in [2.24, 2.45) is 0 Å². The number of likely N-dealkylation sites (tertiary alicyclic amines) is 1. The zero-order valence-electron chi connectivity index (χ0n) is 17.9. The monoisotopic (exact) mass is 396 g/mol. The molecule has 158 valence electrons. The van der Waals surface area contributed by atoms with Crippen molar-refractivity contribution in [1.82, 2.24) is 19.6 Å². The Morgan fingerprint density at radius 1 is 0.862 bits per heavy atom. The number of nitrogens with zero attached hydrogens (tertiary/aromatic N) is 6. The molecule has 0 amide bonds. The highest BCUT2D eigenvalue weighted by Gasteiger charge is 2.28. The summed E-state index contributed by atoms with van der Waals surface area (Å²) in [5.74, 6) is 0.886. The highest BCUT2D eigenvalue weighted by Crippen LogP contribution is 2.24. The van der Waals surface area contributed by atoms with Crippen LogP contribution in [0.3, 0.4) is 0 Å². The van der Waals surface area contributed by atoms with Gasteiger partial charge in [-0.1, -0.05) is 25.0 Å². The number of hydrogen-bond acceptors (Lipinski definition) is 5. The molecule has 0 aromatic heterocycles. The van der Waals surface area contributed by atoms with Crippen molar-refractivity contribution in [2.45, 2.75) is 44.9 Å². The highest BCUT2D eigenvalue weighted by molar-refractivity contribution is 5.33. The van der Waals surface area contributed by atoms with Crippen LogP contribution < -0.4 is 0 Å². The third-order valence-corrected chi connectivity index (χ3v) is 6.31. The van der Waals surface area contributed by atoms with Gasteiger partial charge in [-0.15, -0.1) is 0 Å². The second-order valence-electron chi connectivity index (χ2n) is 8.39. The maximum atomic E-state index is 9.51. The predicted molar refractivity (Wildman–Crippen MR) is 117 cm³/mol. The van der Waals surface area contributed by atoms with Gasteiger partial charge < -0.3 is 14.7 Å². The molecule has 0 saturated carbocycles. The first-order valence-electron chi connectivity index (χ1n) is 11.4. The molecule has 0 spiro atoms. The summed E-state index contributed by atoms with van der Waals surface area (Å²) in [5, 5.41) is 9.51. The quantitative estimate of drug-likeness (QED) is 0.358. The Labute approximate surface area is 176 Å². The molecule has 0 unspecified atom stereocenters. The summed E-state index contributed by atoms with van der Waals surface area (Å²) in [5.41, 5.74) is 0.262. The molecule has 0 N–H and O–H groups in total. The van der Waals surface area contributed by atoms with Crippen LogP contribution in [0.4, 0.5) is 0 Å². The van der Waals surface area contributed by atoms with E-state index < -0.39 is 0 Å². The van der Waals surface area contributed by atoms with E-state index in [0.717, 1.165) is 77.4 Å². The van der Waals surface area contributed by atoms with Crippen LogP contribution in [0.25, 0.3) is 4.85 Å². The lowest BCUT2D eigenvalue weighted by molar-refractivity contribution is 0.251. The van der Waals surface area contributed by atoms with Gasteiger partial charge in [0.1, 0.15) is 5.82 Å². The Hall–Kier alpha value is -2.02. The van der Waals surface area contributed by atoms with Gasteiger partial charge in [0.2, 0.25) is 0 Å². The largest absolute Gasteiger partial charge is 0.365 e. The summed E-state index contributed by atoms with van der Waals surface area (Å²) in [7, 11) is 0. The van der Waals surface area contributed by atoms with Crippen molar-refractivity contribution < 1.29 is 0 Å². The van der Waals surface area contributed by atoms with Crippen LogP contribution >= 0.6 is 0 Å². The fourth-order valence-electron chi connectivity index (χ4n) is 4.74. The van der Waals surface area contributed by atoms with Crippen LogP contribution in [-0.2, 0) is 0 Å². The third kappa shape index (κ3) is 6.49. The lowest BCUT2D eigenvalue weighted by Crippen LogP contribution is -2.32. The molecule has 3 aliphatic rings. The average molecular weight is 397 g/mol. The first-order valence-corrected chi connectivity index (χ1v) is 11.4. The van der Waals surface area contributed by atoms with Crippen molar-refractivity contribution in [3.8, 4) is 6.07 Å². The SMILES string of the molecule is [C-]#[N+]/C(C#N)=C1/N(CCCN2CC=CCC2)CCN1CCCN1CCCCCC1. The van der Waals surface area contributed by atoms with Gasteiger partial charge in [0.05, 0.1) is 12.6 Å². The molecule has 2 fully saturated rings. The van der Waals surface area contributed by atoms with Crippen LogP contribution in [0.15, 0.2) is 23.7 Å². The van der Waals surface area contributed by atoms with E-state index in [9.17, 15) is 5.26 Å². The summed E-state index contributed by atoms with van der Waals surface area (Å²) < 4.78 is 0. The molecule has 3 aliphatic heterocycles. The third-order valence-electron chi connectivity index (χ3n) is 6.31. The summed E-state index contributed by atoms with van der Waals surface area (Å²) >= 11 is 0.